The molecular weight excluding hydrogens is 242 g/mol. The van der Waals surface area contributed by atoms with Crippen LogP contribution in [-0.2, 0) is 4.74 Å². The minimum Gasteiger partial charge on any atom is -0.462 e. The first-order valence-electron chi connectivity index (χ1n) is 6.68. The van der Waals surface area contributed by atoms with Crippen molar-refractivity contribution in [3.63, 3.8) is 0 Å². The lowest BCUT2D eigenvalue weighted by Crippen LogP contribution is -2.25. The first kappa shape index (κ1) is 15.3. The van der Waals surface area contributed by atoms with Crippen molar-refractivity contribution in [3.8, 4) is 0 Å². The summed E-state index contributed by atoms with van der Waals surface area (Å²) in [6.45, 7) is 8.45. The Labute approximate surface area is 114 Å². The van der Waals surface area contributed by atoms with Gasteiger partial charge < -0.3 is 15.8 Å². The van der Waals surface area contributed by atoms with Crippen molar-refractivity contribution in [2.24, 2.45) is 5.92 Å². The van der Waals surface area contributed by atoms with Crippen LogP contribution in [0.1, 0.15) is 44.5 Å². The van der Waals surface area contributed by atoms with Gasteiger partial charge in [0, 0.05) is 6.04 Å². The summed E-state index contributed by atoms with van der Waals surface area (Å²) in [4.78, 5) is 16.1. The first-order valence-corrected chi connectivity index (χ1v) is 6.68. The van der Waals surface area contributed by atoms with Gasteiger partial charge in [0.05, 0.1) is 18.5 Å². The van der Waals surface area contributed by atoms with Gasteiger partial charge in [-0.3, -0.25) is 0 Å². The second-order valence-electron chi connectivity index (χ2n) is 4.70. The Morgan fingerprint density at radius 3 is 2.74 bits per heavy atom. The standard InChI is InChI=1S/C14H23N3O2/c1-5-9(3)10(4)17-13-12(14(18)19-6-2)7-11(15)8-16-13/h7-10H,5-6,15H2,1-4H3,(H,16,17). The third-order valence-electron chi connectivity index (χ3n) is 3.27. The van der Waals surface area contributed by atoms with Crippen LogP contribution in [0.3, 0.4) is 0 Å². The van der Waals surface area contributed by atoms with Gasteiger partial charge in [-0.15, -0.1) is 0 Å². The van der Waals surface area contributed by atoms with Gasteiger partial charge in [0.2, 0.25) is 0 Å². The molecule has 0 fully saturated rings. The highest BCUT2D eigenvalue weighted by Crippen LogP contribution is 2.20. The number of ether oxygens (including phenoxy) is 1. The molecule has 0 aliphatic rings. The molecule has 1 heterocycles. The van der Waals surface area contributed by atoms with Gasteiger partial charge in [-0.2, -0.15) is 0 Å². The Balaban J connectivity index is 2.96. The number of hydrogen-bond donors (Lipinski definition) is 2. The summed E-state index contributed by atoms with van der Waals surface area (Å²) in [6, 6.07) is 1.81. The zero-order valence-corrected chi connectivity index (χ0v) is 12.1. The van der Waals surface area contributed by atoms with Crippen molar-refractivity contribution < 1.29 is 9.53 Å². The van der Waals surface area contributed by atoms with Crippen molar-refractivity contribution in [2.45, 2.75) is 40.2 Å². The van der Waals surface area contributed by atoms with E-state index in [0.29, 0.717) is 29.6 Å². The highest BCUT2D eigenvalue weighted by Gasteiger charge is 2.18. The number of nitrogen functional groups attached to an aromatic ring is 1. The van der Waals surface area contributed by atoms with Crippen molar-refractivity contribution in [1.29, 1.82) is 0 Å². The fraction of sp³-hybridized carbons (Fsp3) is 0.571. The maximum atomic E-state index is 11.9. The maximum absolute atomic E-state index is 11.9. The van der Waals surface area contributed by atoms with Crippen LogP contribution in [0, 0.1) is 5.92 Å². The van der Waals surface area contributed by atoms with Crippen molar-refractivity contribution in [1.82, 2.24) is 4.98 Å². The van der Waals surface area contributed by atoms with Crippen molar-refractivity contribution in [2.75, 3.05) is 17.7 Å². The van der Waals surface area contributed by atoms with Crippen LogP contribution >= 0.6 is 0 Å². The fourth-order valence-corrected chi connectivity index (χ4v) is 1.67. The molecule has 5 heteroatoms. The minimum atomic E-state index is -0.402. The number of anilines is 2. The molecule has 1 aromatic heterocycles. The topological polar surface area (TPSA) is 77.2 Å². The minimum absolute atomic E-state index is 0.217. The molecule has 2 atom stereocenters. The maximum Gasteiger partial charge on any atom is 0.341 e. The molecule has 0 radical (unpaired) electrons. The Kier molecular flexibility index (Phi) is 5.60. The molecule has 0 aliphatic carbocycles. The predicted octanol–water partition coefficient (Wildman–Crippen LogP) is 2.69. The van der Waals surface area contributed by atoms with Crippen LogP contribution in [0.15, 0.2) is 12.3 Å². The molecule has 1 aromatic rings. The molecule has 0 amide bonds. The van der Waals surface area contributed by atoms with E-state index in [4.69, 9.17) is 10.5 Å². The molecule has 1 rings (SSSR count). The van der Waals surface area contributed by atoms with Crippen LogP contribution in [0.5, 0.6) is 0 Å². The summed E-state index contributed by atoms with van der Waals surface area (Å²) in [6.07, 6.45) is 2.59. The molecule has 3 N–H and O–H groups in total. The third kappa shape index (κ3) is 4.12. The quantitative estimate of drug-likeness (QED) is 0.773. The average molecular weight is 265 g/mol. The van der Waals surface area contributed by atoms with E-state index in [1.807, 2.05) is 0 Å². The van der Waals surface area contributed by atoms with Crippen molar-refractivity contribution >= 4 is 17.5 Å². The first-order chi connectivity index (χ1) is 8.99. The number of carbonyl (C=O) groups excluding carboxylic acids is 1. The number of carbonyl (C=O) groups is 1. The van der Waals surface area contributed by atoms with Crippen molar-refractivity contribution in [3.05, 3.63) is 17.8 Å². The molecule has 0 saturated carbocycles. The van der Waals surface area contributed by atoms with Gasteiger partial charge in [-0.1, -0.05) is 20.3 Å². The van der Waals surface area contributed by atoms with Gasteiger partial charge in [0.25, 0.3) is 0 Å². The number of pyridine rings is 1. The lowest BCUT2D eigenvalue weighted by molar-refractivity contribution is 0.0527. The van der Waals surface area contributed by atoms with E-state index in [2.05, 4.69) is 31.1 Å². The summed E-state index contributed by atoms with van der Waals surface area (Å²) in [5.74, 6) is 0.607. The Bertz CT molecular complexity index is 435. The number of nitrogens with two attached hydrogens (primary N) is 1. The van der Waals surface area contributed by atoms with Crippen LogP contribution in [-0.4, -0.2) is 23.6 Å². The summed E-state index contributed by atoms with van der Waals surface area (Å²) in [7, 11) is 0. The number of aromatic nitrogens is 1. The Morgan fingerprint density at radius 2 is 2.16 bits per heavy atom. The molecule has 0 bridgehead atoms. The van der Waals surface area contributed by atoms with Gasteiger partial charge in [0.15, 0.2) is 0 Å². The third-order valence-corrected chi connectivity index (χ3v) is 3.27. The molecule has 0 aromatic carbocycles. The molecule has 19 heavy (non-hydrogen) atoms. The summed E-state index contributed by atoms with van der Waals surface area (Å²) < 4.78 is 5.02. The lowest BCUT2D eigenvalue weighted by Gasteiger charge is -2.21. The van der Waals surface area contributed by atoms with Gasteiger partial charge >= 0.3 is 5.97 Å². The van der Waals surface area contributed by atoms with Crippen LogP contribution in [0.25, 0.3) is 0 Å². The Hall–Kier alpha value is -1.78. The highest BCUT2D eigenvalue weighted by molar-refractivity contribution is 5.95. The molecule has 0 aliphatic heterocycles. The van der Waals surface area contributed by atoms with Crippen LogP contribution in [0.4, 0.5) is 11.5 Å². The normalized spacial score (nSPS) is 13.7. The average Bonchev–Trinajstić information content (AvgIpc) is 2.39. The summed E-state index contributed by atoms with van der Waals surface area (Å²) in [5, 5.41) is 3.26. The van der Waals surface area contributed by atoms with E-state index in [-0.39, 0.29) is 6.04 Å². The summed E-state index contributed by atoms with van der Waals surface area (Å²) in [5.41, 5.74) is 6.52. The molecular formula is C14H23N3O2. The second-order valence-corrected chi connectivity index (χ2v) is 4.70. The number of esters is 1. The Morgan fingerprint density at radius 1 is 1.47 bits per heavy atom. The molecule has 2 unspecified atom stereocenters. The van der Waals surface area contributed by atoms with E-state index >= 15 is 0 Å². The molecule has 106 valence electrons. The highest BCUT2D eigenvalue weighted by atomic mass is 16.5. The van der Waals surface area contributed by atoms with E-state index in [0.717, 1.165) is 6.42 Å². The van der Waals surface area contributed by atoms with Crippen LogP contribution in [0.2, 0.25) is 0 Å². The zero-order chi connectivity index (χ0) is 14.4. The van der Waals surface area contributed by atoms with E-state index in [1.165, 1.54) is 6.20 Å². The molecule has 0 saturated heterocycles. The van der Waals surface area contributed by atoms with E-state index in [9.17, 15) is 4.79 Å². The zero-order valence-electron chi connectivity index (χ0n) is 12.1. The molecule has 5 nitrogen and oxygen atoms in total. The predicted molar refractivity (Wildman–Crippen MR) is 77.1 cm³/mol. The largest absolute Gasteiger partial charge is 0.462 e. The number of hydrogen-bond acceptors (Lipinski definition) is 5. The summed E-state index contributed by atoms with van der Waals surface area (Å²) >= 11 is 0. The van der Waals surface area contributed by atoms with Gasteiger partial charge in [-0.05, 0) is 25.8 Å². The van der Waals surface area contributed by atoms with E-state index < -0.39 is 5.97 Å². The number of rotatable bonds is 6. The van der Waals surface area contributed by atoms with E-state index in [1.54, 1.807) is 13.0 Å². The smallest absolute Gasteiger partial charge is 0.341 e. The second kappa shape index (κ2) is 6.97. The lowest BCUT2D eigenvalue weighted by atomic mass is 10.0. The van der Waals surface area contributed by atoms with Gasteiger partial charge in [-0.25, -0.2) is 9.78 Å². The van der Waals surface area contributed by atoms with Crippen LogP contribution < -0.4 is 11.1 Å². The van der Waals surface area contributed by atoms with Gasteiger partial charge in [0.1, 0.15) is 11.4 Å². The molecule has 0 spiro atoms. The number of nitrogens with one attached hydrogen (secondary N) is 1. The monoisotopic (exact) mass is 265 g/mol. The number of nitrogens with zero attached hydrogens (tertiary/aromatic N) is 1. The fourth-order valence-electron chi connectivity index (χ4n) is 1.67. The SMILES string of the molecule is CCOC(=O)c1cc(N)cnc1NC(C)C(C)CC.